The molecule has 1 aliphatic carbocycles. The molecular formula is C15H18ClNO. The minimum Gasteiger partial charge on any atom is -0.341 e. The molecule has 2 nitrogen and oxygen atoms in total. The molecule has 3 atom stereocenters. The molecule has 0 bridgehead atoms. The van der Waals surface area contributed by atoms with Crippen LogP contribution in [-0.2, 0) is 11.2 Å². The van der Waals surface area contributed by atoms with Gasteiger partial charge in [-0.15, -0.1) is 11.6 Å². The molecule has 3 rings (SSSR count). The van der Waals surface area contributed by atoms with E-state index in [-0.39, 0.29) is 17.2 Å². The van der Waals surface area contributed by atoms with Crippen molar-refractivity contribution in [1.82, 2.24) is 4.90 Å². The van der Waals surface area contributed by atoms with Crippen molar-refractivity contribution < 1.29 is 4.79 Å². The summed E-state index contributed by atoms with van der Waals surface area (Å²) in [7, 11) is 0. The highest BCUT2D eigenvalue weighted by Crippen LogP contribution is 2.37. The number of rotatable bonds is 1. The van der Waals surface area contributed by atoms with Crippen molar-refractivity contribution in [3.8, 4) is 0 Å². The summed E-state index contributed by atoms with van der Waals surface area (Å²) in [6, 6.07) is 8.24. The fourth-order valence-electron chi connectivity index (χ4n) is 2.92. The van der Waals surface area contributed by atoms with Crippen molar-refractivity contribution in [1.29, 1.82) is 0 Å². The van der Waals surface area contributed by atoms with Gasteiger partial charge in [0.1, 0.15) is 0 Å². The van der Waals surface area contributed by atoms with Gasteiger partial charge in [-0.25, -0.2) is 0 Å². The summed E-state index contributed by atoms with van der Waals surface area (Å²) in [4.78, 5) is 14.4. The number of likely N-dealkylation sites (tertiary alicyclic amines) is 1. The van der Waals surface area contributed by atoms with E-state index in [1.807, 2.05) is 17.0 Å². The summed E-state index contributed by atoms with van der Waals surface area (Å²) in [5.74, 6) is 0.870. The second kappa shape index (κ2) is 4.58. The molecule has 0 radical (unpaired) electrons. The van der Waals surface area contributed by atoms with Crippen molar-refractivity contribution in [2.24, 2.45) is 5.92 Å². The maximum atomic E-state index is 12.5. The molecule has 1 aromatic rings. The molecular weight excluding hydrogens is 246 g/mol. The quantitative estimate of drug-likeness (QED) is 0.714. The van der Waals surface area contributed by atoms with Crippen LogP contribution in [0.1, 0.15) is 30.4 Å². The van der Waals surface area contributed by atoms with Crippen molar-refractivity contribution in [2.75, 3.05) is 13.1 Å². The number of hydrogen-bond donors (Lipinski definition) is 0. The third-order valence-electron chi connectivity index (χ3n) is 4.33. The SMILES string of the molecule is CC1CCN(C(=O)C2Cc3ccccc32)CC1Cl. The number of hydrogen-bond acceptors (Lipinski definition) is 1. The first-order valence-corrected chi connectivity index (χ1v) is 7.11. The Hall–Kier alpha value is -1.02. The van der Waals surface area contributed by atoms with Crippen LogP contribution in [0.25, 0.3) is 0 Å². The molecule has 0 aromatic heterocycles. The van der Waals surface area contributed by atoms with Crippen molar-refractivity contribution >= 4 is 17.5 Å². The Labute approximate surface area is 113 Å². The smallest absolute Gasteiger partial charge is 0.230 e. The van der Waals surface area contributed by atoms with Gasteiger partial charge in [-0.05, 0) is 29.9 Å². The Morgan fingerprint density at radius 1 is 1.39 bits per heavy atom. The lowest BCUT2D eigenvalue weighted by Crippen LogP contribution is -2.47. The molecule has 0 spiro atoms. The Balaban J connectivity index is 1.70. The van der Waals surface area contributed by atoms with Crippen LogP contribution < -0.4 is 0 Å². The van der Waals surface area contributed by atoms with Crippen LogP contribution in [0.2, 0.25) is 0 Å². The monoisotopic (exact) mass is 263 g/mol. The predicted molar refractivity (Wildman–Crippen MR) is 72.9 cm³/mol. The van der Waals surface area contributed by atoms with Crippen molar-refractivity contribution in [3.05, 3.63) is 35.4 Å². The molecule has 1 saturated heterocycles. The van der Waals surface area contributed by atoms with Gasteiger partial charge >= 0.3 is 0 Å². The maximum absolute atomic E-state index is 12.5. The van der Waals surface area contributed by atoms with Crippen LogP contribution in [0.3, 0.4) is 0 Å². The zero-order valence-electron chi connectivity index (χ0n) is 10.6. The summed E-state index contributed by atoms with van der Waals surface area (Å²) in [6.07, 6.45) is 1.92. The van der Waals surface area contributed by atoms with Crippen LogP contribution in [0, 0.1) is 5.92 Å². The molecule has 0 saturated carbocycles. The number of benzene rings is 1. The van der Waals surface area contributed by atoms with Gasteiger partial charge in [-0.2, -0.15) is 0 Å². The molecule has 1 amide bonds. The minimum absolute atomic E-state index is 0.0819. The first-order chi connectivity index (χ1) is 8.66. The predicted octanol–water partition coefficient (Wildman–Crippen LogP) is 2.80. The number of carbonyl (C=O) groups excluding carboxylic acids is 1. The van der Waals surface area contributed by atoms with Gasteiger partial charge < -0.3 is 4.90 Å². The third-order valence-corrected chi connectivity index (χ3v) is 4.90. The van der Waals surface area contributed by atoms with Crippen LogP contribution in [0.15, 0.2) is 24.3 Å². The Kier molecular flexibility index (Phi) is 3.06. The van der Waals surface area contributed by atoms with Crippen molar-refractivity contribution in [3.63, 3.8) is 0 Å². The molecule has 1 heterocycles. The Bertz CT molecular complexity index is 473. The molecule has 1 aliphatic heterocycles. The van der Waals surface area contributed by atoms with Gasteiger partial charge in [-0.1, -0.05) is 31.2 Å². The van der Waals surface area contributed by atoms with E-state index in [2.05, 4.69) is 19.1 Å². The molecule has 0 N–H and O–H groups in total. The third kappa shape index (κ3) is 1.93. The molecule has 3 heteroatoms. The topological polar surface area (TPSA) is 20.3 Å². The van der Waals surface area contributed by atoms with Crippen LogP contribution in [0.4, 0.5) is 0 Å². The number of carbonyl (C=O) groups is 1. The van der Waals surface area contributed by atoms with Gasteiger partial charge in [-0.3, -0.25) is 4.79 Å². The van der Waals surface area contributed by atoms with Gasteiger partial charge in [0, 0.05) is 13.1 Å². The summed E-state index contributed by atoms with van der Waals surface area (Å²) in [5.41, 5.74) is 2.54. The number of amides is 1. The molecule has 1 fully saturated rings. The summed E-state index contributed by atoms with van der Waals surface area (Å²) in [6.45, 7) is 3.74. The largest absolute Gasteiger partial charge is 0.341 e. The summed E-state index contributed by atoms with van der Waals surface area (Å²) in [5, 5.41) is 0.109. The van der Waals surface area contributed by atoms with Crippen LogP contribution in [0.5, 0.6) is 0 Å². The molecule has 18 heavy (non-hydrogen) atoms. The van der Waals surface area contributed by atoms with Gasteiger partial charge in [0.2, 0.25) is 5.91 Å². The Morgan fingerprint density at radius 2 is 2.17 bits per heavy atom. The van der Waals surface area contributed by atoms with Crippen LogP contribution in [-0.4, -0.2) is 29.3 Å². The lowest BCUT2D eigenvalue weighted by Gasteiger charge is -2.39. The number of piperidine rings is 1. The highest BCUT2D eigenvalue weighted by molar-refractivity contribution is 6.21. The van der Waals surface area contributed by atoms with E-state index in [0.717, 1.165) is 19.4 Å². The molecule has 96 valence electrons. The van der Waals surface area contributed by atoms with E-state index < -0.39 is 0 Å². The van der Waals surface area contributed by atoms with E-state index in [0.29, 0.717) is 12.5 Å². The number of halogens is 1. The highest BCUT2D eigenvalue weighted by Gasteiger charge is 2.37. The van der Waals surface area contributed by atoms with E-state index in [4.69, 9.17) is 11.6 Å². The zero-order chi connectivity index (χ0) is 12.7. The number of nitrogens with zero attached hydrogens (tertiary/aromatic N) is 1. The fourth-order valence-corrected chi connectivity index (χ4v) is 3.21. The van der Waals surface area contributed by atoms with E-state index in [1.54, 1.807) is 0 Å². The van der Waals surface area contributed by atoms with Gasteiger partial charge in [0.25, 0.3) is 0 Å². The Morgan fingerprint density at radius 3 is 2.89 bits per heavy atom. The molecule has 3 unspecified atom stereocenters. The van der Waals surface area contributed by atoms with Gasteiger partial charge in [0.15, 0.2) is 0 Å². The van der Waals surface area contributed by atoms with Crippen LogP contribution >= 0.6 is 11.6 Å². The fraction of sp³-hybridized carbons (Fsp3) is 0.533. The average molecular weight is 264 g/mol. The van der Waals surface area contributed by atoms with E-state index in [1.165, 1.54) is 11.1 Å². The van der Waals surface area contributed by atoms with E-state index in [9.17, 15) is 4.79 Å². The zero-order valence-corrected chi connectivity index (χ0v) is 11.4. The maximum Gasteiger partial charge on any atom is 0.230 e. The van der Waals surface area contributed by atoms with Gasteiger partial charge in [0.05, 0.1) is 11.3 Å². The highest BCUT2D eigenvalue weighted by atomic mass is 35.5. The summed E-state index contributed by atoms with van der Waals surface area (Å²) < 4.78 is 0. The molecule has 2 aliphatic rings. The number of alkyl halides is 1. The second-order valence-corrected chi connectivity index (χ2v) is 6.08. The molecule has 1 aromatic carbocycles. The standard InChI is InChI=1S/C15H18ClNO/c1-10-6-7-17(9-14(10)16)15(18)13-8-11-4-2-3-5-12(11)13/h2-5,10,13-14H,6-9H2,1H3. The van der Waals surface area contributed by atoms with Crippen molar-refractivity contribution in [2.45, 2.75) is 31.1 Å². The lowest BCUT2D eigenvalue weighted by molar-refractivity contribution is -0.134. The average Bonchev–Trinajstić information content (AvgIpc) is 2.34. The lowest BCUT2D eigenvalue weighted by atomic mass is 9.76. The van der Waals surface area contributed by atoms with E-state index >= 15 is 0 Å². The first-order valence-electron chi connectivity index (χ1n) is 6.67. The normalized spacial score (nSPS) is 30.6. The summed E-state index contributed by atoms with van der Waals surface area (Å²) >= 11 is 6.28. The minimum atomic E-state index is 0.0819. The number of fused-ring (bicyclic) bond motifs is 1. The second-order valence-electron chi connectivity index (χ2n) is 5.52. The first kappa shape index (κ1) is 12.0.